The number of rotatable bonds is 1. The molecule has 2 heteroatoms. The Morgan fingerprint density at radius 2 is 2.17 bits per heavy atom. The first-order chi connectivity index (χ1) is 5.41. The van der Waals surface area contributed by atoms with Crippen LogP contribution in [0.1, 0.15) is 34.1 Å². The Labute approximate surface area is 74.8 Å². The summed E-state index contributed by atoms with van der Waals surface area (Å²) in [7, 11) is 0. The van der Waals surface area contributed by atoms with E-state index in [1.165, 1.54) is 0 Å². The second kappa shape index (κ2) is 3.09. The number of allylic oxidation sites excluding steroid dienone is 1. The summed E-state index contributed by atoms with van der Waals surface area (Å²) < 4.78 is 5.59. The van der Waals surface area contributed by atoms with E-state index in [4.69, 9.17) is 10.5 Å². The van der Waals surface area contributed by atoms with Crippen LogP contribution in [0.5, 0.6) is 0 Å². The molecule has 0 aromatic heterocycles. The van der Waals surface area contributed by atoms with Crippen molar-refractivity contribution in [2.75, 3.05) is 0 Å². The van der Waals surface area contributed by atoms with Gasteiger partial charge >= 0.3 is 0 Å². The summed E-state index contributed by atoms with van der Waals surface area (Å²) in [4.78, 5) is 0. The fraction of sp³-hybridized carbons (Fsp3) is 0.800. The molecule has 0 radical (unpaired) electrons. The Morgan fingerprint density at radius 3 is 2.50 bits per heavy atom. The van der Waals surface area contributed by atoms with Gasteiger partial charge in [-0.1, -0.05) is 20.8 Å². The van der Waals surface area contributed by atoms with E-state index < -0.39 is 0 Å². The first-order valence-electron chi connectivity index (χ1n) is 4.50. The fourth-order valence-electron chi connectivity index (χ4n) is 1.39. The first kappa shape index (κ1) is 9.59. The Kier molecular flexibility index (Phi) is 2.47. The normalized spacial score (nSPS) is 26.4. The third-order valence-corrected chi connectivity index (χ3v) is 2.38. The lowest BCUT2D eigenvalue weighted by molar-refractivity contribution is 0.0774. The zero-order valence-corrected chi connectivity index (χ0v) is 8.42. The minimum Gasteiger partial charge on any atom is -0.493 e. The molecular weight excluding hydrogens is 150 g/mol. The van der Waals surface area contributed by atoms with Crippen molar-refractivity contribution in [3.63, 3.8) is 0 Å². The highest BCUT2D eigenvalue weighted by atomic mass is 16.5. The maximum absolute atomic E-state index is 6.06. The second-order valence-corrected chi connectivity index (χ2v) is 4.60. The van der Waals surface area contributed by atoms with Crippen molar-refractivity contribution in [3.05, 3.63) is 11.8 Å². The van der Waals surface area contributed by atoms with Crippen molar-refractivity contribution >= 4 is 0 Å². The molecule has 2 N–H and O–H groups in total. The molecule has 0 fully saturated rings. The summed E-state index contributed by atoms with van der Waals surface area (Å²) in [5, 5.41) is 0. The molecule has 2 nitrogen and oxygen atoms in total. The first-order valence-corrected chi connectivity index (χ1v) is 4.50. The van der Waals surface area contributed by atoms with Gasteiger partial charge in [0.2, 0.25) is 0 Å². The number of hydrogen-bond donors (Lipinski definition) is 1. The largest absolute Gasteiger partial charge is 0.493 e. The Bertz CT molecular complexity index is 191. The highest BCUT2D eigenvalue weighted by molar-refractivity contribution is 5.02. The highest BCUT2D eigenvalue weighted by Crippen LogP contribution is 2.27. The molecule has 2 unspecified atom stereocenters. The number of nitrogens with two attached hydrogens (primary N) is 1. The van der Waals surface area contributed by atoms with Crippen molar-refractivity contribution in [3.8, 4) is 0 Å². The van der Waals surface area contributed by atoms with Crippen LogP contribution >= 0.6 is 0 Å². The van der Waals surface area contributed by atoms with Crippen LogP contribution in [0.4, 0.5) is 0 Å². The van der Waals surface area contributed by atoms with Crippen LogP contribution in [-0.2, 0) is 4.74 Å². The molecule has 1 heterocycles. The summed E-state index contributed by atoms with van der Waals surface area (Å²) in [5.41, 5.74) is 6.19. The summed E-state index contributed by atoms with van der Waals surface area (Å²) >= 11 is 0. The van der Waals surface area contributed by atoms with Gasteiger partial charge in [-0.15, -0.1) is 0 Å². The van der Waals surface area contributed by atoms with Crippen LogP contribution in [0, 0.1) is 5.41 Å². The van der Waals surface area contributed by atoms with E-state index in [9.17, 15) is 0 Å². The molecule has 1 aliphatic heterocycles. The Balaban J connectivity index is 2.51. The molecular formula is C10H19NO. The topological polar surface area (TPSA) is 35.2 Å². The van der Waals surface area contributed by atoms with Gasteiger partial charge in [0.1, 0.15) is 6.10 Å². The maximum atomic E-state index is 6.06. The Morgan fingerprint density at radius 1 is 1.58 bits per heavy atom. The molecule has 1 aliphatic rings. The van der Waals surface area contributed by atoms with Gasteiger partial charge in [0, 0.05) is 12.5 Å². The SMILES string of the molecule is CC1=CCC(C(N)C(C)(C)C)O1. The maximum Gasteiger partial charge on any atom is 0.117 e. The molecule has 0 aliphatic carbocycles. The molecule has 0 aromatic rings. The lowest BCUT2D eigenvalue weighted by Gasteiger charge is -2.31. The van der Waals surface area contributed by atoms with E-state index in [1.807, 2.05) is 6.92 Å². The zero-order valence-electron chi connectivity index (χ0n) is 8.42. The molecule has 70 valence electrons. The Hall–Kier alpha value is -0.500. The minimum absolute atomic E-state index is 0.117. The van der Waals surface area contributed by atoms with Crippen molar-refractivity contribution in [1.29, 1.82) is 0 Å². The molecule has 2 atom stereocenters. The lowest BCUT2D eigenvalue weighted by Crippen LogP contribution is -2.44. The van der Waals surface area contributed by atoms with Crippen LogP contribution in [-0.4, -0.2) is 12.1 Å². The van der Waals surface area contributed by atoms with Crippen LogP contribution in [0.25, 0.3) is 0 Å². The van der Waals surface area contributed by atoms with Crippen LogP contribution in [0.2, 0.25) is 0 Å². The van der Waals surface area contributed by atoms with Crippen LogP contribution < -0.4 is 5.73 Å². The third-order valence-electron chi connectivity index (χ3n) is 2.38. The van der Waals surface area contributed by atoms with Gasteiger partial charge in [-0.2, -0.15) is 0 Å². The predicted octanol–water partition coefficient (Wildman–Crippen LogP) is 2.05. The molecule has 1 rings (SSSR count). The predicted molar refractivity (Wildman–Crippen MR) is 50.7 cm³/mol. The molecule has 0 aromatic carbocycles. The van der Waals surface area contributed by atoms with E-state index >= 15 is 0 Å². The number of ether oxygens (including phenoxy) is 1. The average Bonchev–Trinajstić information content (AvgIpc) is 2.32. The second-order valence-electron chi connectivity index (χ2n) is 4.60. The zero-order chi connectivity index (χ0) is 9.35. The van der Waals surface area contributed by atoms with Gasteiger partial charge < -0.3 is 10.5 Å². The van der Waals surface area contributed by atoms with Gasteiger partial charge in [0.15, 0.2) is 0 Å². The van der Waals surface area contributed by atoms with Crippen LogP contribution in [0.15, 0.2) is 11.8 Å². The number of hydrogen-bond acceptors (Lipinski definition) is 2. The van der Waals surface area contributed by atoms with Gasteiger partial charge in [-0.05, 0) is 18.4 Å². The molecule has 0 spiro atoms. The average molecular weight is 169 g/mol. The highest BCUT2D eigenvalue weighted by Gasteiger charge is 2.31. The van der Waals surface area contributed by atoms with Crippen molar-refractivity contribution < 1.29 is 4.74 Å². The third kappa shape index (κ3) is 2.01. The monoisotopic (exact) mass is 169 g/mol. The molecule has 12 heavy (non-hydrogen) atoms. The summed E-state index contributed by atoms with van der Waals surface area (Å²) in [5.74, 6) is 1.01. The van der Waals surface area contributed by atoms with E-state index in [2.05, 4.69) is 26.8 Å². The van der Waals surface area contributed by atoms with Gasteiger partial charge in [-0.3, -0.25) is 0 Å². The summed E-state index contributed by atoms with van der Waals surface area (Å²) in [6.45, 7) is 8.42. The van der Waals surface area contributed by atoms with Crippen LogP contribution in [0.3, 0.4) is 0 Å². The molecule has 0 saturated carbocycles. The lowest BCUT2D eigenvalue weighted by atomic mass is 9.83. The standard InChI is InChI=1S/C10H19NO/c1-7-5-6-8(12-7)9(11)10(2,3)4/h5,8-9H,6,11H2,1-4H3. The molecule has 0 saturated heterocycles. The van der Waals surface area contributed by atoms with Gasteiger partial charge in [0.05, 0.1) is 5.76 Å². The smallest absolute Gasteiger partial charge is 0.117 e. The van der Waals surface area contributed by atoms with Crippen molar-refractivity contribution in [2.24, 2.45) is 11.1 Å². The summed E-state index contributed by atoms with van der Waals surface area (Å²) in [6.07, 6.45) is 3.26. The fourth-order valence-corrected chi connectivity index (χ4v) is 1.39. The van der Waals surface area contributed by atoms with E-state index in [1.54, 1.807) is 0 Å². The van der Waals surface area contributed by atoms with Gasteiger partial charge in [-0.25, -0.2) is 0 Å². The van der Waals surface area contributed by atoms with Gasteiger partial charge in [0.25, 0.3) is 0 Å². The van der Waals surface area contributed by atoms with E-state index in [0.29, 0.717) is 0 Å². The summed E-state index contributed by atoms with van der Waals surface area (Å²) in [6, 6.07) is 0.117. The molecule has 0 amide bonds. The minimum atomic E-state index is 0.117. The van der Waals surface area contributed by atoms with E-state index in [0.717, 1.165) is 12.2 Å². The quantitative estimate of drug-likeness (QED) is 0.652. The van der Waals surface area contributed by atoms with Crippen molar-refractivity contribution in [2.45, 2.75) is 46.3 Å². The van der Waals surface area contributed by atoms with E-state index in [-0.39, 0.29) is 17.6 Å². The van der Waals surface area contributed by atoms with Crippen molar-refractivity contribution in [1.82, 2.24) is 0 Å². The molecule has 0 bridgehead atoms.